The minimum absolute atomic E-state index is 0.0227. The maximum atomic E-state index is 12.5. The summed E-state index contributed by atoms with van der Waals surface area (Å²) >= 11 is 1.56. The van der Waals surface area contributed by atoms with Gasteiger partial charge in [-0.2, -0.15) is 0 Å². The van der Waals surface area contributed by atoms with E-state index < -0.39 is 15.4 Å². The zero-order valence-electron chi connectivity index (χ0n) is 14.1. The van der Waals surface area contributed by atoms with Gasteiger partial charge in [0.25, 0.3) is 5.91 Å². The molecule has 8 heteroatoms. The molecule has 1 unspecified atom stereocenters. The van der Waals surface area contributed by atoms with Gasteiger partial charge >= 0.3 is 0 Å². The average molecular weight is 380 g/mol. The number of carbonyl (C=O) groups is 1. The lowest BCUT2D eigenvalue weighted by atomic mass is 10.0. The molecule has 1 aromatic heterocycles. The van der Waals surface area contributed by atoms with Crippen LogP contribution in [0.3, 0.4) is 0 Å². The van der Waals surface area contributed by atoms with Crippen molar-refractivity contribution in [3.05, 3.63) is 45.9 Å². The SMILES string of the molecule is Cc1nc(COc2cccc(C(=O)NC3(C)CCS(=O)(=O)C3)c2)cs1. The van der Waals surface area contributed by atoms with Crippen LogP contribution in [-0.4, -0.2) is 36.4 Å². The zero-order valence-corrected chi connectivity index (χ0v) is 15.7. The zero-order chi connectivity index (χ0) is 18.1. The molecule has 1 aliphatic rings. The van der Waals surface area contributed by atoms with Crippen LogP contribution < -0.4 is 10.1 Å². The van der Waals surface area contributed by atoms with E-state index in [0.717, 1.165) is 10.7 Å². The van der Waals surface area contributed by atoms with Crippen molar-refractivity contribution in [3.8, 4) is 5.75 Å². The van der Waals surface area contributed by atoms with Gasteiger partial charge in [-0.15, -0.1) is 11.3 Å². The number of amides is 1. The van der Waals surface area contributed by atoms with Crippen molar-refractivity contribution in [2.45, 2.75) is 32.4 Å². The highest BCUT2D eigenvalue weighted by atomic mass is 32.2. The number of thiazole rings is 1. The number of aryl methyl sites for hydroxylation is 1. The van der Waals surface area contributed by atoms with Gasteiger partial charge in [-0.25, -0.2) is 13.4 Å². The van der Waals surface area contributed by atoms with Gasteiger partial charge in [-0.1, -0.05) is 6.07 Å². The minimum atomic E-state index is -3.07. The molecule has 3 rings (SSSR count). The maximum Gasteiger partial charge on any atom is 0.251 e. The lowest BCUT2D eigenvalue weighted by Crippen LogP contribution is -2.46. The summed E-state index contributed by atoms with van der Waals surface area (Å²) in [6, 6.07) is 6.85. The lowest BCUT2D eigenvalue weighted by Gasteiger charge is -2.24. The first-order chi connectivity index (χ1) is 11.7. The van der Waals surface area contributed by atoms with E-state index in [9.17, 15) is 13.2 Å². The van der Waals surface area contributed by atoms with Gasteiger partial charge < -0.3 is 10.1 Å². The first-order valence-corrected chi connectivity index (χ1v) is 10.6. The molecule has 0 spiro atoms. The molecule has 1 amide bonds. The second kappa shape index (κ2) is 6.76. The normalized spacial score (nSPS) is 21.8. The summed E-state index contributed by atoms with van der Waals surface area (Å²) in [5.74, 6) is 0.363. The molecule has 1 aliphatic heterocycles. The molecule has 6 nitrogen and oxygen atoms in total. The van der Waals surface area contributed by atoms with Crippen LogP contribution in [0.5, 0.6) is 5.75 Å². The van der Waals surface area contributed by atoms with Crippen molar-refractivity contribution in [1.29, 1.82) is 0 Å². The molecule has 1 atom stereocenters. The van der Waals surface area contributed by atoms with Crippen LogP contribution in [0.1, 0.15) is 34.4 Å². The Morgan fingerprint density at radius 2 is 2.24 bits per heavy atom. The van der Waals surface area contributed by atoms with E-state index in [4.69, 9.17) is 4.74 Å². The Bertz CT molecular complexity index is 892. The average Bonchev–Trinajstić information content (AvgIpc) is 3.08. The largest absolute Gasteiger partial charge is 0.487 e. The van der Waals surface area contributed by atoms with Crippen LogP contribution in [0, 0.1) is 6.92 Å². The van der Waals surface area contributed by atoms with E-state index >= 15 is 0 Å². The van der Waals surface area contributed by atoms with Gasteiger partial charge in [0.05, 0.1) is 27.7 Å². The van der Waals surface area contributed by atoms with Gasteiger partial charge in [0, 0.05) is 10.9 Å². The Balaban J connectivity index is 1.65. The third-order valence-corrected chi connectivity index (χ3v) is 6.79. The number of ether oxygens (including phenoxy) is 1. The molecule has 25 heavy (non-hydrogen) atoms. The number of nitrogens with one attached hydrogen (secondary N) is 1. The number of hydrogen-bond acceptors (Lipinski definition) is 6. The molecule has 2 heterocycles. The molecule has 2 aromatic rings. The summed E-state index contributed by atoms with van der Waals surface area (Å²) in [4.78, 5) is 16.8. The van der Waals surface area contributed by atoms with Crippen LogP contribution >= 0.6 is 11.3 Å². The standard InChI is InChI=1S/C17H20N2O4S2/c1-12-18-14(10-24-12)9-23-15-5-3-4-13(8-15)16(20)19-17(2)6-7-25(21,22)11-17/h3-5,8,10H,6-7,9,11H2,1-2H3,(H,19,20). The second-order valence-electron chi connectivity index (χ2n) is 6.53. The molecule has 1 N–H and O–H groups in total. The Labute approximate surface area is 151 Å². The molecule has 0 saturated carbocycles. The predicted octanol–water partition coefficient (Wildman–Crippen LogP) is 2.34. The van der Waals surface area contributed by atoms with Crippen molar-refractivity contribution >= 4 is 27.1 Å². The first kappa shape index (κ1) is 17.9. The maximum absolute atomic E-state index is 12.5. The highest BCUT2D eigenvalue weighted by Crippen LogP contribution is 2.24. The number of carbonyl (C=O) groups excluding carboxylic acids is 1. The fourth-order valence-electron chi connectivity index (χ4n) is 2.81. The van der Waals surface area contributed by atoms with Crippen molar-refractivity contribution in [2.75, 3.05) is 11.5 Å². The molecule has 0 aliphatic carbocycles. The van der Waals surface area contributed by atoms with E-state index in [0.29, 0.717) is 24.3 Å². The van der Waals surface area contributed by atoms with E-state index in [-0.39, 0.29) is 17.4 Å². The van der Waals surface area contributed by atoms with E-state index in [2.05, 4.69) is 10.3 Å². The fraction of sp³-hybridized carbons (Fsp3) is 0.412. The Kier molecular flexibility index (Phi) is 4.83. The molecule has 134 valence electrons. The van der Waals surface area contributed by atoms with Crippen LogP contribution in [0.25, 0.3) is 0 Å². The minimum Gasteiger partial charge on any atom is -0.487 e. The first-order valence-electron chi connectivity index (χ1n) is 7.92. The molecule has 0 bridgehead atoms. The van der Waals surface area contributed by atoms with Crippen molar-refractivity contribution in [2.24, 2.45) is 0 Å². The number of nitrogens with zero attached hydrogens (tertiary/aromatic N) is 1. The molecule has 1 saturated heterocycles. The highest BCUT2D eigenvalue weighted by Gasteiger charge is 2.39. The monoisotopic (exact) mass is 380 g/mol. The highest BCUT2D eigenvalue weighted by molar-refractivity contribution is 7.91. The summed E-state index contributed by atoms with van der Waals surface area (Å²) in [7, 11) is -3.07. The number of sulfone groups is 1. The van der Waals surface area contributed by atoms with Gasteiger partial charge in [0.1, 0.15) is 12.4 Å². The Hall–Kier alpha value is -1.93. The van der Waals surface area contributed by atoms with Gasteiger partial charge in [-0.05, 0) is 38.5 Å². The quantitative estimate of drug-likeness (QED) is 0.860. The van der Waals surface area contributed by atoms with E-state index in [1.54, 1.807) is 42.5 Å². The number of benzene rings is 1. The van der Waals surface area contributed by atoms with Gasteiger partial charge in [-0.3, -0.25) is 4.79 Å². The van der Waals surface area contributed by atoms with Crippen molar-refractivity contribution in [3.63, 3.8) is 0 Å². The van der Waals surface area contributed by atoms with Crippen molar-refractivity contribution < 1.29 is 17.9 Å². The molecular weight excluding hydrogens is 360 g/mol. The van der Waals surface area contributed by atoms with Crippen LogP contribution in [0.15, 0.2) is 29.6 Å². The smallest absolute Gasteiger partial charge is 0.251 e. The summed E-state index contributed by atoms with van der Waals surface area (Å²) in [6.07, 6.45) is 0.431. The molecule has 1 fully saturated rings. The molecule has 0 radical (unpaired) electrons. The van der Waals surface area contributed by atoms with Crippen LogP contribution in [0.4, 0.5) is 0 Å². The predicted molar refractivity (Wildman–Crippen MR) is 96.8 cm³/mol. The second-order valence-corrected chi connectivity index (χ2v) is 9.78. The lowest BCUT2D eigenvalue weighted by molar-refractivity contribution is 0.0915. The molecule has 1 aromatic carbocycles. The molecular formula is C17H20N2O4S2. The van der Waals surface area contributed by atoms with Crippen LogP contribution in [-0.2, 0) is 16.4 Å². The summed E-state index contributed by atoms with van der Waals surface area (Å²) < 4.78 is 29.0. The van der Waals surface area contributed by atoms with E-state index in [1.165, 1.54) is 0 Å². The van der Waals surface area contributed by atoms with Gasteiger partial charge in [0.2, 0.25) is 0 Å². The number of rotatable bonds is 5. The summed E-state index contributed by atoms with van der Waals surface area (Å²) in [5, 5.41) is 5.76. The summed E-state index contributed by atoms with van der Waals surface area (Å²) in [6.45, 7) is 4.04. The number of aromatic nitrogens is 1. The third-order valence-electron chi connectivity index (χ3n) is 4.07. The van der Waals surface area contributed by atoms with E-state index in [1.807, 2.05) is 12.3 Å². The van der Waals surface area contributed by atoms with Crippen LogP contribution in [0.2, 0.25) is 0 Å². The fourth-order valence-corrected chi connectivity index (χ4v) is 5.50. The number of hydrogen-bond donors (Lipinski definition) is 1. The topological polar surface area (TPSA) is 85.4 Å². The van der Waals surface area contributed by atoms with Crippen molar-refractivity contribution in [1.82, 2.24) is 10.3 Å². The van der Waals surface area contributed by atoms with Gasteiger partial charge in [0.15, 0.2) is 9.84 Å². The Morgan fingerprint density at radius 3 is 2.88 bits per heavy atom. The summed E-state index contributed by atoms with van der Waals surface area (Å²) in [5.41, 5.74) is 0.573. The third kappa shape index (κ3) is 4.58. The Morgan fingerprint density at radius 1 is 1.44 bits per heavy atom.